The molecule has 3 rings (SSSR count). The molecule has 28 heavy (non-hydrogen) atoms. The molecule has 148 valence electrons. The van der Waals surface area contributed by atoms with E-state index in [1.165, 1.54) is 33.7 Å². The Labute approximate surface area is 171 Å². The highest BCUT2D eigenvalue weighted by Crippen LogP contribution is 2.25. The third-order valence-electron chi connectivity index (χ3n) is 4.38. The number of benzene rings is 1. The number of carbonyl (C=O) groups excluding carboxylic acids is 1. The third-order valence-corrected chi connectivity index (χ3v) is 6.20. The highest BCUT2D eigenvalue weighted by Gasteiger charge is 2.19. The van der Waals surface area contributed by atoms with E-state index in [-0.39, 0.29) is 22.9 Å². The zero-order valence-electron chi connectivity index (χ0n) is 15.9. The fourth-order valence-electron chi connectivity index (χ4n) is 2.86. The van der Waals surface area contributed by atoms with E-state index in [9.17, 15) is 14.0 Å². The van der Waals surface area contributed by atoms with Crippen LogP contribution in [0.15, 0.2) is 45.7 Å². The van der Waals surface area contributed by atoms with Crippen LogP contribution < -0.4 is 5.56 Å². The number of amides is 1. The lowest BCUT2D eigenvalue weighted by molar-refractivity contribution is -0.128. The Morgan fingerprint density at radius 2 is 2.07 bits per heavy atom. The second kappa shape index (κ2) is 9.34. The maximum atomic E-state index is 14.4. The summed E-state index contributed by atoms with van der Waals surface area (Å²) in [5.41, 5.74) is 0.387. The van der Waals surface area contributed by atoms with Crippen molar-refractivity contribution < 1.29 is 9.18 Å². The van der Waals surface area contributed by atoms with Crippen LogP contribution in [0, 0.1) is 5.82 Å². The first-order valence-corrected chi connectivity index (χ1v) is 11.1. The minimum atomic E-state index is -0.506. The molecule has 0 aliphatic carbocycles. The zero-order valence-corrected chi connectivity index (χ0v) is 17.5. The van der Waals surface area contributed by atoms with Gasteiger partial charge in [-0.25, -0.2) is 9.37 Å². The van der Waals surface area contributed by atoms with Crippen molar-refractivity contribution >= 4 is 39.2 Å². The molecule has 0 atom stereocenters. The Hall–Kier alpha value is -2.19. The second-order valence-electron chi connectivity index (χ2n) is 6.24. The Balaban J connectivity index is 1.96. The van der Waals surface area contributed by atoms with E-state index in [0.29, 0.717) is 28.5 Å². The minimum Gasteiger partial charge on any atom is -0.342 e. The van der Waals surface area contributed by atoms with E-state index in [4.69, 9.17) is 0 Å². The van der Waals surface area contributed by atoms with Crippen LogP contribution in [-0.2, 0) is 4.79 Å². The zero-order chi connectivity index (χ0) is 20.1. The normalized spacial score (nSPS) is 11.1. The Morgan fingerprint density at radius 3 is 2.79 bits per heavy atom. The predicted molar refractivity (Wildman–Crippen MR) is 113 cm³/mol. The van der Waals surface area contributed by atoms with E-state index < -0.39 is 5.82 Å². The van der Waals surface area contributed by atoms with Crippen molar-refractivity contribution in [3.8, 4) is 5.69 Å². The van der Waals surface area contributed by atoms with Gasteiger partial charge in [0.1, 0.15) is 10.5 Å². The first-order valence-electron chi connectivity index (χ1n) is 9.22. The number of unbranched alkanes of at least 4 members (excludes halogenated alkanes) is 1. The second-order valence-corrected chi connectivity index (χ2v) is 8.10. The molecule has 2 aromatic heterocycles. The Kier molecular flexibility index (Phi) is 6.85. The summed E-state index contributed by atoms with van der Waals surface area (Å²) in [6, 6.07) is 7.86. The van der Waals surface area contributed by atoms with E-state index >= 15 is 0 Å². The van der Waals surface area contributed by atoms with Crippen molar-refractivity contribution in [1.82, 2.24) is 14.5 Å². The molecule has 5 nitrogen and oxygen atoms in total. The summed E-state index contributed by atoms with van der Waals surface area (Å²) in [6.45, 7) is 5.38. The molecule has 0 aliphatic rings. The molecule has 0 spiro atoms. The SMILES string of the molecule is CCCCN(CC)C(=O)CSc1nc2ccsc2c(=O)n1-c1ccccc1F. The highest BCUT2D eigenvalue weighted by molar-refractivity contribution is 7.99. The summed E-state index contributed by atoms with van der Waals surface area (Å²) >= 11 is 2.44. The minimum absolute atomic E-state index is 0.0132. The van der Waals surface area contributed by atoms with Gasteiger partial charge in [0.2, 0.25) is 5.91 Å². The smallest absolute Gasteiger partial charge is 0.276 e. The van der Waals surface area contributed by atoms with Crippen molar-refractivity contribution in [2.75, 3.05) is 18.8 Å². The molecule has 3 aromatic rings. The summed E-state index contributed by atoms with van der Waals surface area (Å²) in [5, 5.41) is 2.11. The number of para-hydroxylation sites is 1. The van der Waals surface area contributed by atoms with Crippen LogP contribution in [0.5, 0.6) is 0 Å². The van der Waals surface area contributed by atoms with Crippen LogP contribution >= 0.6 is 23.1 Å². The fourth-order valence-corrected chi connectivity index (χ4v) is 4.53. The molecular weight excluding hydrogens is 397 g/mol. The maximum Gasteiger partial charge on any atom is 0.276 e. The van der Waals surface area contributed by atoms with E-state index in [1.54, 1.807) is 34.5 Å². The summed E-state index contributed by atoms with van der Waals surface area (Å²) in [5.74, 6) is -0.372. The first-order chi connectivity index (χ1) is 13.6. The first kappa shape index (κ1) is 20.5. The molecule has 1 amide bonds. The lowest BCUT2D eigenvalue weighted by Crippen LogP contribution is -2.33. The molecule has 0 bridgehead atoms. The van der Waals surface area contributed by atoms with Crippen molar-refractivity contribution in [1.29, 1.82) is 0 Å². The Bertz CT molecular complexity index is 1030. The fraction of sp³-hybridized carbons (Fsp3) is 0.350. The Morgan fingerprint density at radius 1 is 1.29 bits per heavy atom. The van der Waals surface area contributed by atoms with E-state index in [1.807, 2.05) is 6.92 Å². The standard InChI is InChI=1S/C20H22FN3O2S2/c1-3-5-11-23(4-2)17(25)13-28-20-22-15-10-12-27-18(15)19(26)24(20)16-9-7-6-8-14(16)21/h6-10,12H,3-5,11,13H2,1-2H3. The number of hydrogen-bond donors (Lipinski definition) is 0. The molecule has 0 unspecified atom stereocenters. The number of thiophene rings is 1. The molecule has 8 heteroatoms. The van der Waals surface area contributed by atoms with Gasteiger partial charge < -0.3 is 4.90 Å². The van der Waals surface area contributed by atoms with Gasteiger partial charge in [-0.1, -0.05) is 37.2 Å². The summed E-state index contributed by atoms with van der Waals surface area (Å²) < 4.78 is 16.2. The molecular formula is C20H22FN3O2S2. The molecule has 0 saturated carbocycles. The highest BCUT2D eigenvalue weighted by atomic mass is 32.2. The van der Waals surface area contributed by atoms with Crippen LogP contribution in [-0.4, -0.2) is 39.2 Å². The van der Waals surface area contributed by atoms with Gasteiger partial charge in [-0.15, -0.1) is 11.3 Å². The quantitative estimate of drug-likeness (QED) is 0.403. The topological polar surface area (TPSA) is 55.2 Å². The third kappa shape index (κ3) is 4.28. The number of halogens is 1. The average molecular weight is 420 g/mol. The van der Waals surface area contributed by atoms with Crippen LogP contribution in [0.2, 0.25) is 0 Å². The molecule has 0 radical (unpaired) electrons. The lowest BCUT2D eigenvalue weighted by Gasteiger charge is -2.20. The average Bonchev–Trinajstić information content (AvgIpc) is 3.17. The van der Waals surface area contributed by atoms with E-state index in [0.717, 1.165) is 12.8 Å². The van der Waals surface area contributed by atoms with Crippen molar-refractivity contribution in [2.45, 2.75) is 31.8 Å². The molecule has 0 fully saturated rings. The predicted octanol–water partition coefficient (Wildman–Crippen LogP) is 4.33. The number of nitrogens with zero attached hydrogens (tertiary/aromatic N) is 3. The van der Waals surface area contributed by atoms with E-state index in [2.05, 4.69) is 11.9 Å². The van der Waals surface area contributed by atoms with Crippen LogP contribution in [0.25, 0.3) is 15.9 Å². The van der Waals surface area contributed by atoms with Crippen LogP contribution in [0.3, 0.4) is 0 Å². The van der Waals surface area contributed by atoms with Crippen LogP contribution in [0.1, 0.15) is 26.7 Å². The molecule has 0 aliphatic heterocycles. The molecule has 1 aromatic carbocycles. The number of thioether (sulfide) groups is 1. The monoisotopic (exact) mass is 419 g/mol. The van der Waals surface area contributed by atoms with Gasteiger partial charge in [0.15, 0.2) is 5.16 Å². The summed E-state index contributed by atoms with van der Waals surface area (Å²) in [6.07, 6.45) is 1.96. The summed E-state index contributed by atoms with van der Waals surface area (Å²) in [4.78, 5) is 31.9. The number of hydrogen-bond acceptors (Lipinski definition) is 5. The van der Waals surface area contributed by atoms with Gasteiger partial charge in [-0.2, -0.15) is 0 Å². The van der Waals surface area contributed by atoms with Gasteiger partial charge in [0, 0.05) is 13.1 Å². The van der Waals surface area contributed by atoms with Crippen molar-refractivity contribution in [3.05, 3.63) is 51.9 Å². The van der Waals surface area contributed by atoms with Gasteiger partial charge in [-0.3, -0.25) is 14.2 Å². The van der Waals surface area contributed by atoms with Crippen LogP contribution in [0.4, 0.5) is 4.39 Å². The van der Waals surface area contributed by atoms with Gasteiger partial charge in [0.05, 0.1) is 17.0 Å². The summed E-state index contributed by atoms with van der Waals surface area (Å²) in [7, 11) is 0. The maximum absolute atomic E-state index is 14.4. The number of rotatable bonds is 8. The molecule has 0 N–H and O–H groups in total. The van der Waals surface area contributed by atoms with Crippen molar-refractivity contribution in [2.24, 2.45) is 0 Å². The largest absolute Gasteiger partial charge is 0.342 e. The lowest BCUT2D eigenvalue weighted by atomic mass is 10.3. The number of fused-ring (bicyclic) bond motifs is 1. The van der Waals surface area contributed by atoms with Crippen molar-refractivity contribution in [3.63, 3.8) is 0 Å². The van der Waals surface area contributed by atoms with Gasteiger partial charge in [-0.05, 0) is 36.9 Å². The van der Waals surface area contributed by atoms with Gasteiger partial charge in [0.25, 0.3) is 5.56 Å². The van der Waals surface area contributed by atoms with Gasteiger partial charge >= 0.3 is 0 Å². The molecule has 2 heterocycles. The molecule has 0 saturated heterocycles. The number of carbonyl (C=O) groups is 1. The number of aromatic nitrogens is 2.